The van der Waals surface area contributed by atoms with Gasteiger partial charge in [-0.15, -0.1) is 0 Å². The van der Waals surface area contributed by atoms with Crippen molar-refractivity contribution in [2.75, 3.05) is 25.0 Å². The molecule has 31 heavy (non-hydrogen) atoms. The molecule has 0 saturated carbocycles. The summed E-state index contributed by atoms with van der Waals surface area (Å²) >= 11 is 0. The van der Waals surface area contributed by atoms with Crippen molar-refractivity contribution in [2.24, 2.45) is 0 Å². The molecule has 0 aliphatic carbocycles. The summed E-state index contributed by atoms with van der Waals surface area (Å²) in [4.78, 5) is 38.5. The van der Waals surface area contributed by atoms with Gasteiger partial charge in [0.1, 0.15) is 5.60 Å². The Bertz CT molecular complexity index is 737. The molecule has 1 aromatic rings. The lowest BCUT2D eigenvalue weighted by Gasteiger charge is -2.29. The molecule has 172 valence electrons. The lowest BCUT2D eigenvalue weighted by molar-refractivity contribution is -0.132. The number of alkyl carbamates (subject to hydrolysis) is 1. The molecule has 0 aromatic heterocycles. The highest BCUT2D eigenvalue weighted by atomic mass is 16.6. The zero-order valence-electron chi connectivity index (χ0n) is 19.0. The number of hydrogen-bond acceptors (Lipinski definition) is 5. The summed E-state index contributed by atoms with van der Waals surface area (Å²) in [6.45, 7) is 8.98. The van der Waals surface area contributed by atoms with Gasteiger partial charge < -0.3 is 19.7 Å². The van der Waals surface area contributed by atoms with Gasteiger partial charge in [0.2, 0.25) is 5.91 Å². The minimum absolute atomic E-state index is 0.0429. The fraction of sp³-hybridized carbons (Fsp3) is 0.609. The van der Waals surface area contributed by atoms with Crippen LogP contribution in [0.25, 0.3) is 0 Å². The van der Waals surface area contributed by atoms with Gasteiger partial charge in [0, 0.05) is 31.2 Å². The highest BCUT2D eigenvalue weighted by molar-refractivity contribution is 5.84. The van der Waals surface area contributed by atoms with Gasteiger partial charge in [-0.2, -0.15) is 0 Å². The number of carbonyl (C=O) groups excluding carboxylic acids is 3. The molecule has 0 spiro atoms. The van der Waals surface area contributed by atoms with Crippen LogP contribution >= 0.6 is 0 Å². The van der Waals surface area contributed by atoms with Crippen LogP contribution in [0.4, 0.5) is 15.3 Å². The van der Waals surface area contributed by atoms with Crippen LogP contribution in [0.1, 0.15) is 58.9 Å². The molecule has 1 aliphatic heterocycles. The lowest BCUT2D eigenvalue weighted by Crippen LogP contribution is -2.44. The fourth-order valence-electron chi connectivity index (χ4n) is 3.43. The van der Waals surface area contributed by atoms with E-state index in [0.29, 0.717) is 18.7 Å². The second-order valence-electron chi connectivity index (χ2n) is 8.74. The van der Waals surface area contributed by atoms with Crippen LogP contribution in [0.2, 0.25) is 0 Å². The normalized spacial score (nSPS) is 15.0. The smallest absolute Gasteiger partial charge is 0.411 e. The molecular weight excluding hydrogens is 398 g/mol. The minimum Gasteiger partial charge on any atom is -0.450 e. The number of rotatable bonds is 7. The molecule has 0 unspecified atom stereocenters. The number of hydrogen-bond donors (Lipinski definition) is 2. The van der Waals surface area contributed by atoms with E-state index in [1.54, 1.807) is 39.8 Å². The van der Waals surface area contributed by atoms with E-state index in [4.69, 9.17) is 9.47 Å². The zero-order chi connectivity index (χ0) is 22.9. The second-order valence-corrected chi connectivity index (χ2v) is 8.74. The van der Waals surface area contributed by atoms with E-state index in [-0.39, 0.29) is 12.3 Å². The Morgan fingerprint density at radius 3 is 2.26 bits per heavy atom. The number of benzene rings is 1. The summed E-state index contributed by atoms with van der Waals surface area (Å²) < 4.78 is 10.3. The Kier molecular flexibility index (Phi) is 9.15. The SMILES string of the molecule is CCOC(=O)Nc1ccc(C[C@H](CC(=O)N2CCCCC2)NC(=O)OC(C)(C)C)cc1. The maximum Gasteiger partial charge on any atom is 0.411 e. The number of piperidine rings is 1. The van der Waals surface area contributed by atoms with E-state index in [9.17, 15) is 14.4 Å². The number of anilines is 1. The first-order chi connectivity index (χ1) is 14.7. The maximum absolute atomic E-state index is 12.8. The average molecular weight is 434 g/mol. The second kappa shape index (κ2) is 11.6. The standard InChI is InChI=1S/C23H35N3O5/c1-5-30-21(28)24-18-11-9-17(10-12-18)15-19(25-22(29)31-23(2,3)4)16-20(27)26-13-7-6-8-14-26/h9-12,19H,5-8,13-16H2,1-4H3,(H,24,28)(H,25,29)/t19-/m1/s1. The first-order valence-corrected chi connectivity index (χ1v) is 11.0. The zero-order valence-corrected chi connectivity index (χ0v) is 19.0. The molecule has 2 rings (SSSR count). The van der Waals surface area contributed by atoms with Gasteiger partial charge in [0.05, 0.1) is 6.61 Å². The summed E-state index contributed by atoms with van der Waals surface area (Å²) in [5, 5.41) is 5.50. The van der Waals surface area contributed by atoms with Gasteiger partial charge >= 0.3 is 12.2 Å². The topological polar surface area (TPSA) is 97.0 Å². The number of carbonyl (C=O) groups is 3. The lowest BCUT2D eigenvalue weighted by atomic mass is 10.0. The van der Waals surface area contributed by atoms with Crippen LogP contribution < -0.4 is 10.6 Å². The average Bonchev–Trinajstić information content (AvgIpc) is 2.68. The third kappa shape index (κ3) is 9.27. The van der Waals surface area contributed by atoms with Crippen molar-refractivity contribution in [3.63, 3.8) is 0 Å². The summed E-state index contributed by atoms with van der Waals surface area (Å²) in [5.74, 6) is 0.0429. The van der Waals surface area contributed by atoms with E-state index in [0.717, 1.165) is 37.9 Å². The number of amides is 3. The Labute approximate surface area is 184 Å². The fourth-order valence-corrected chi connectivity index (χ4v) is 3.43. The van der Waals surface area contributed by atoms with E-state index in [1.165, 1.54) is 0 Å². The van der Waals surface area contributed by atoms with Crippen molar-refractivity contribution in [1.82, 2.24) is 10.2 Å². The van der Waals surface area contributed by atoms with Gasteiger partial charge in [-0.3, -0.25) is 10.1 Å². The van der Waals surface area contributed by atoms with Gasteiger partial charge in [-0.25, -0.2) is 9.59 Å². The first-order valence-electron chi connectivity index (χ1n) is 11.0. The Hall–Kier alpha value is -2.77. The molecular formula is C23H35N3O5. The molecule has 1 heterocycles. The van der Waals surface area contributed by atoms with Gasteiger partial charge in [-0.1, -0.05) is 12.1 Å². The maximum atomic E-state index is 12.8. The Morgan fingerprint density at radius 2 is 1.68 bits per heavy atom. The van der Waals surface area contributed by atoms with Gasteiger partial charge in [0.15, 0.2) is 0 Å². The van der Waals surface area contributed by atoms with E-state index < -0.39 is 23.8 Å². The molecule has 1 atom stereocenters. The molecule has 1 fully saturated rings. The summed E-state index contributed by atoms with van der Waals surface area (Å²) in [5.41, 5.74) is 0.927. The van der Waals surface area contributed by atoms with Crippen LogP contribution in [0.15, 0.2) is 24.3 Å². The number of nitrogens with zero attached hydrogens (tertiary/aromatic N) is 1. The first kappa shape index (κ1) is 24.5. The predicted molar refractivity (Wildman–Crippen MR) is 119 cm³/mol. The van der Waals surface area contributed by atoms with Crippen LogP contribution in [-0.2, 0) is 20.7 Å². The third-order valence-electron chi connectivity index (χ3n) is 4.81. The van der Waals surface area contributed by atoms with Crippen LogP contribution in [0.3, 0.4) is 0 Å². The molecule has 2 N–H and O–H groups in total. The molecule has 0 radical (unpaired) electrons. The summed E-state index contributed by atoms with van der Waals surface area (Å²) in [6, 6.07) is 6.85. The molecule has 3 amide bonds. The molecule has 1 saturated heterocycles. The van der Waals surface area contributed by atoms with Crippen LogP contribution in [-0.4, -0.2) is 54.3 Å². The number of ether oxygens (including phenoxy) is 2. The molecule has 8 nitrogen and oxygen atoms in total. The van der Waals surface area contributed by atoms with E-state index in [2.05, 4.69) is 10.6 Å². The van der Waals surface area contributed by atoms with Crippen molar-refractivity contribution in [3.05, 3.63) is 29.8 Å². The van der Waals surface area contributed by atoms with E-state index >= 15 is 0 Å². The monoisotopic (exact) mass is 433 g/mol. The quantitative estimate of drug-likeness (QED) is 0.675. The molecule has 1 aliphatic rings. The van der Waals surface area contributed by atoms with Gasteiger partial charge in [-0.05, 0) is 71.1 Å². The number of likely N-dealkylation sites (tertiary alicyclic amines) is 1. The van der Waals surface area contributed by atoms with Crippen molar-refractivity contribution in [3.8, 4) is 0 Å². The molecule has 0 bridgehead atoms. The number of nitrogens with one attached hydrogen (secondary N) is 2. The van der Waals surface area contributed by atoms with Crippen molar-refractivity contribution < 1.29 is 23.9 Å². The Balaban J connectivity index is 2.03. The largest absolute Gasteiger partial charge is 0.450 e. The van der Waals surface area contributed by atoms with Crippen molar-refractivity contribution in [1.29, 1.82) is 0 Å². The van der Waals surface area contributed by atoms with Crippen molar-refractivity contribution in [2.45, 2.75) is 71.4 Å². The van der Waals surface area contributed by atoms with Gasteiger partial charge in [0.25, 0.3) is 0 Å². The van der Waals surface area contributed by atoms with Crippen LogP contribution in [0, 0.1) is 0 Å². The summed E-state index contributed by atoms with van der Waals surface area (Å²) in [7, 11) is 0. The Morgan fingerprint density at radius 1 is 1.03 bits per heavy atom. The van der Waals surface area contributed by atoms with Crippen LogP contribution in [0.5, 0.6) is 0 Å². The predicted octanol–water partition coefficient (Wildman–Crippen LogP) is 4.09. The molecule has 8 heteroatoms. The van der Waals surface area contributed by atoms with Crippen molar-refractivity contribution >= 4 is 23.8 Å². The van der Waals surface area contributed by atoms with E-state index in [1.807, 2.05) is 17.0 Å². The third-order valence-corrected chi connectivity index (χ3v) is 4.81. The highest BCUT2D eigenvalue weighted by Gasteiger charge is 2.24. The molecule has 1 aromatic carbocycles. The minimum atomic E-state index is -0.619. The summed E-state index contributed by atoms with van der Waals surface area (Å²) in [6.07, 6.45) is 2.82. The highest BCUT2D eigenvalue weighted by Crippen LogP contribution is 2.16.